The molecule has 5 aromatic carbocycles. The quantitative estimate of drug-likeness (QED) is 0.0820. The zero-order valence-electron chi connectivity index (χ0n) is 30.8. The summed E-state index contributed by atoms with van der Waals surface area (Å²) in [6.07, 6.45) is -3.92. The van der Waals surface area contributed by atoms with Gasteiger partial charge < -0.3 is 38.4 Å². The maximum absolute atomic E-state index is 15.0. The average molecular weight is 766 g/mol. The first-order valence-electron chi connectivity index (χ1n) is 18.4. The first kappa shape index (κ1) is 40.2. The number of ether oxygens (including phenoxy) is 4. The molecular weight excluding hydrogens is 717 g/mol. The van der Waals surface area contributed by atoms with Crippen LogP contribution in [0.4, 0.5) is 0 Å². The highest BCUT2D eigenvalue weighted by molar-refractivity contribution is 7.54. The van der Waals surface area contributed by atoms with E-state index in [2.05, 4.69) is 5.32 Å². The molecule has 6 rings (SSSR count). The van der Waals surface area contributed by atoms with E-state index in [1.807, 2.05) is 152 Å². The Hall–Kier alpha value is -4.48. The van der Waals surface area contributed by atoms with E-state index >= 15 is 0 Å². The van der Waals surface area contributed by atoms with Crippen LogP contribution in [0.1, 0.15) is 34.7 Å². The van der Waals surface area contributed by atoms with Gasteiger partial charge in [0, 0.05) is 6.92 Å². The minimum atomic E-state index is -4.44. The third-order valence-electron chi connectivity index (χ3n) is 9.19. The van der Waals surface area contributed by atoms with Crippen LogP contribution in [0.15, 0.2) is 152 Å². The minimum Gasteiger partial charge on any atom is -0.378 e. The van der Waals surface area contributed by atoms with Crippen molar-refractivity contribution in [2.24, 2.45) is 0 Å². The molecule has 5 aromatic rings. The number of aliphatic hydroxyl groups excluding tert-OH is 1. The summed E-state index contributed by atoms with van der Waals surface area (Å²) in [7, 11) is -4.44. The van der Waals surface area contributed by atoms with E-state index in [1.54, 1.807) is 0 Å². The number of nitrogens with one attached hydrogen (secondary N) is 1. The lowest BCUT2D eigenvalue weighted by Crippen LogP contribution is -2.67. The molecule has 1 saturated heterocycles. The van der Waals surface area contributed by atoms with Crippen molar-refractivity contribution in [1.29, 1.82) is 0 Å². The van der Waals surface area contributed by atoms with Crippen molar-refractivity contribution in [3.63, 3.8) is 0 Å². The molecular formula is C44H48NO9P. The predicted molar refractivity (Wildman–Crippen MR) is 208 cm³/mol. The van der Waals surface area contributed by atoms with Crippen LogP contribution in [-0.2, 0) is 70.4 Å². The Bertz CT molecular complexity index is 1860. The molecule has 0 aliphatic carbocycles. The molecule has 1 fully saturated rings. The van der Waals surface area contributed by atoms with Crippen LogP contribution in [0.2, 0.25) is 0 Å². The Balaban J connectivity index is 1.36. The SMILES string of the molecule is CC(=O)N[C@@H]1[C@@H](OCc2ccccc2)[C@H](OCc2ccccc2)[C@@H](COCc2ccccc2)O[C@@H]1C(O)P(=O)(OCc1ccccc1)OCc1ccccc1. The van der Waals surface area contributed by atoms with Gasteiger partial charge in [0.05, 0.1) is 45.7 Å². The molecule has 11 heteroatoms. The van der Waals surface area contributed by atoms with E-state index in [-0.39, 0.29) is 39.6 Å². The van der Waals surface area contributed by atoms with Gasteiger partial charge in [-0.1, -0.05) is 152 Å². The van der Waals surface area contributed by atoms with Crippen LogP contribution >= 0.6 is 7.60 Å². The third kappa shape index (κ3) is 11.8. The molecule has 1 heterocycles. The second-order valence-corrected chi connectivity index (χ2v) is 15.5. The van der Waals surface area contributed by atoms with E-state index in [0.29, 0.717) is 0 Å². The van der Waals surface area contributed by atoms with Gasteiger partial charge in [0.15, 0.2) is 5.85 Å². The number of benzene rings is 5. The highest BCUT2D eigenvalue weighted by atomic mass is 31.2. The van der Waals surface area contributed by atoms with Gasteiger partial charge in [0.1, 0.15) is 24.4 Å². The number of hydrogen-bond donors (Lipinski definition) is 2. The van der Waals surface area contributed by atoms with Gasteiger partial charge >= 0.3 is 7.60 Å². The molecule has 6 atom stereocenters. The fourth-order valence-corrected chi connectivity index (χ4v) is 8.06. The van der Waals surface area contributed by atoms with Crippen molar-refractivity contribution >= 4 is 13.5 Å². The van der Waals surface area contributed by atoms with E-state index in [4.69, 9.17) is 28.0 Å². The molecule has 1 aliphatic rings. The van der Waals surface area contributed by atoms with Gasteiger partial charge in [-0.3, -0.25) is 9.36 Å². The van der Waals surface area contributed by atoms with Crippen molar-refractivity contribution < 1.29 is 42.5 Å². The average Bonchev–Trinajstić information content (AvgIpc) is 3.23. The van der Waals surface area contributed by atoms with Crippen LogP contribution in [-0.4, -0.2) is 53.9 Å². The molecule has 0 spiro atoms. The van der Waals surface area contributed by atoms with Crippen LogP contribution < -0.4 is 5.32 Å². The molecule has 10 nitrogen and oxygen atoms in total. The lowest BCUT2D eigenvalue weighted by Gasteiger charge is -2.48. The largest absolute Gasteiger partial charge is 0.378 e. The number of amides is 1. The molecule has 0 bridgehead atoms. The fraction of sp³-hybridized carbons (Fsp3) is 0.295. The van der Waals surface area contributed by atoms with Gasteiger partial charge in [-0.2, -0.15) is 0 Å². The van der Waals surface area contributed by atoms with Crippen molar-refractivity contribution in [3.8, 4) is 0 Å². The summed E-state index contributed by atoms with van der Waals surface area (Å²) in [4.78, 5) is 13.0. The standard InChI is InChI=1S/C44H48NO9P/c1-33(46)45-40-42(51-29-36-21-11-4-12-22-36)41(50-28-35-19-9-3-10-20-35)39(32-49-27-34-17-7-2-8-18-34)54-43(40)44(47)55(48,52-30-37-23-13-5-14-24-37)53-31-38-25-15-6-16-26-38/h2-26,39-44,47H,27-32H2,1H3,(H,45,46)/t39-,40-,41-,42-,43+,44?/m1/s1. The summed E-state index contributed by atoms with van der Waals surface area (Å²) in [6.45, 7) is 1.81. The molecule has 55 heavy (non-hydrogen) atoms. The fourth-order valence-electron chi connectivity index (χ4n) is 6.40. The Kier molecular flexibility index (Phi) is 14.9. The summed E-state index contributed by atoms with van der Waals surface area (Å²) in [5, 5.41) is 15.3. The summed E-state index contributed by atoms with van der Waals surface area (Å²) in [5.74, 6) is -2.28. The highest BCUT2D eigenvalue weighted by Crippen LogP contribution is 2.56. The number of hydrogen-bond acceptors (Lipinski definition) is 9. The zero-order chi connectivity index (χ0) is 38.3. The molecule has 288 valence electrons. The van der Waals surface area contributed by atoms with E-state index < -0.39 is 49.8 Å². The van der Waals surface area contributed by atoms with Crippen LogP contribution in [0, 0.1) is 0 Å². The van der Waals surface area contributed by atoms with Gasteiger partial charge in [-0.15, -0.1) is 0 Å². The van der Waals surface area contributed by atoms with E-state index in [9.17, 15) is 14.5 Å². The maximum atomic E-state index is 15.0. The van der Waals surface area contributed by atoms with Crippen molar-refractivity contribution in [2.75, 3.05) is 6.61 Å². The van der Waals surface area contributed by atoms with Gasteiger partial charge in [-0.25, -0.2) is 0 Å². The Morgan fingerprint density at radius 1 is 0.618 bits per heavy atom. The zero-order valence-corrected chi connectivity index (χ0v) is 31.7. The van der Waals surface area contributed by atoms with E-state index in [0.717, 1.165) is 27.8 Å². The van der Waals surface area contributed by atoms with Crippen LogP contribution in [0.5, 0.6) is 0 Å². The highest BCUT2D eigenvalue weighted by Gasteiger charge is 2.55. The molecule has 1 aliphatic heterocycles. The number of rotatable bonds is 19. The molecule has 2 N–H and O–H groups in total. The smallest absolute Gasteiger partial charge is 0.362 e. The second kappa shape index (κ2) is 20.4. The Morgan fingerprint density at radius 3 is 1.42 bits per heavy atom. The van der Waals surface area contributed by atoms with Gasteiger partial charge in [0.25, 0.3) is 0 Å². The minimum absolute atomic E-state index is 0.0234. The third-order valence-corrected chi connectivity index (χ3v) is 11.1. The summed E-state index contributed by atoms with van der Waals surface area (Å²) >= 11 is 0. The first-order valence-corrected chi connectivity index (χ1v) is 20.0. The van der Waals surface area contributed by atoms with Gasteiger partial charge in [0.2, 0.25) is 5.91 Å². The van der Waals surface area contributed by atoms with Crippen LogP contribution in [0.3, 0.4) is 0 Å². The number of carbonyl (C=O) groups excluding carboxylic acids is 1. The Morgan fingerprint density at radius 2 is 1.00 bits per heavy atom. The second-order valence-electron chi connectivity index (χ2n) is 13.4. The van der Waals surface area contributed by atoms with Crippen molar-refractivity contribution in [3.05, 3.63) is 179 Å². The lowest BCUT2D eigenvalue weighted by molar-refractivity contribution is -0.242. The molecule has 0 radical (unpaired) electrons. The molecule has 0 aromatic heterocycles. The summed E-state index contributed by atoms with van der Waals surface area (Å²) in [5.41, 5.74) is 4.21. The van der Waals surface area contributed by atoms with E-state index in [1.165, 1.54) is 6.92 Å². The molecule has 1 amide bonds. The molecule has 0 saturated carbocycles. The topological polar surface area (TPSA) is 122 Å². The normalized spacial score (nSPS) is 20.4. The Labute approximate surface area is 322 Å². The number of aliphatic hydroxyl groups is 1. The predicted octanol–water partition coefficient (Wildman–Crippen LogP) is 7.59. The lowest BCUT2D eigenvalue weighted by atomic mass is 9.92. The summed E-state index contributed by atoms with van der Waals surface area (Å²) < 4.78 is 53.4. The first-order chi connectivity index (χ1) is 26.9. The van der Waals surface area contributed by atoms with Crippen molar-refractivity contribution in [1.82, 2.24) is 5.32 Å². The van der Waals surface area contributed by atoms with Gasteiger partial charge in [-0.05, 0) is 27.8 Å². The monoisotopic (exact) mass is 765 g/mol. The van der Waals surface area contributed by atoms with Crippen molar-refractivity contribution in [2.45, 2.75) is 76.3 Å². The van der Waals surface area contributed by atoms with Crippen LogP contribution in [0.25, 0.3) is 0 Å². The number of carbonyl (C=O) groups is 1. The summed E-state index contributed by atoms with van der Waals surface area (Å²) in [6, 6.07) is 46.3. The maximum Gasteiger partial charge on any atom is 0.362 e. The molecule has 1 unspecified atom stereocenters.